The number of methoxy groups -OCH3 is 1. The highest BCUT2D eigenvalue weighted by Crippen LogP contribution is 2.31. The van der Waals surface area contributed by atoms with Crippen LogP contribution in [0, 0.1) is 13.8 Å². The number of fused-ring (bicyclic) bond motifs is 1. The van der Waals surface area contributed by atoms with Crippen LogP contribution in [0.5, 0.6) is 11.5 Å². The lowest BCUT2D eigenvalue weighted by atomic mass is 10.2. The molecule has 0 atom stereocenters. The first kappa shape index (κ1) is 22.2. The first-order valence-corrected chi connectivity index (χ1v) is 11.4. The van der Waals surface area contributed by atoms with Crippen LogP contribution in [0.3, 0.4) is 0 Å². The van der Waals surface area contributed by atoms with E-state index in [0.717, 1.165) is 10.2 Å². The molecular formula is C24H21N3O5S. The van der Waals surface area contributed by atoms with Gasteiger partial charge in [0, 0.05) is 0 Å². The lowest BCUT2D eigenvalue weighted by Crippen LogP contribution is -2.17. The van der Waals surface area contributed by atoms with Gasteiger partial charge in [0.25, 0.3) is 5.56 Å². The highest BCUT2D eigenvalue weighted by atomic mass is 32.2. The molecule has 0 radical (unpaired) electrons. The number of hydrogen-bond acceptors (Lipinski definition) is 7. The van der Waals surface area contributed by atoms with E-state index in [1.54, 1.807) is 55.5 Å². The topological polar surface area (TPSA) is 99.8 Å². The Balaban J connectivity index is 1.63. The SMILES string of the molecule is COc1cc(/C=N/n2cnc3ccccc3c2=O)ccc1OS(=O)(=O)c1cc(C)ccc1C. The zero-order valence-electron chi connectivity index (χ0n) is 18.2. The third-order valence-corrected chi connectivity index (χ3v) is 6.36. The van der Waals surface area contributed by atoms with Crippen LogP contribution >= 0.6 is 0 Å². The van der Waals surface area contributed by atoms with Gasteiger partial charge in [0.2, 0.25) is 0 Å². The number of ether oxygens (including phenoxy) is 1. The molecule has 0 saturated heterocycles. The average Bonchev–Trinajstić information content (AvgIpc) is 2.81. The van der Waals surface area contributed by atoms with Gasteiger partial charge in [0.05, 0.1) is 24.2 Å². The lowest BCUT2D eigenvalue weighted by Gasteiger charge is -2.13. The van der Waals surface area contributed by atoms with Gasteiger partial charge in [-0.3, -0.25) is 4.79 Å². The number of rotatable bonds is 6. The molecule has 0 saturated carbocycles. The molecule has 1 heterocycles. The Morgan fingerprint density at radius 3 is 2.58 bits per heavy atom. The number of nitrogens with zero attached hydrogens (tertiary/aromatic N) is 3. The number of aromatic nitrogens is 2. The van der Waals surface area contributed by atoms with Crippen LogP contribution in [0.25, 0.3) is 10.9 Å². The molecule has 0 aliphatic carbocycles. The summed E-state index contributed by atoms with van der Waals surface area (Å²) >= 11 is 0. The van der Waals surface area contributed by atoms with E-state index in [-0.39, 0.29) is 22.0 Å². The van der Waals surface area contributed by atoms with Gasteiger partial charge in [0.1, 0.15) is 11.2 Å². The van der Waals surface area contributed by atoms with E-state index in [0.29, 0.717) is 22.0 Å². The standard InChI is InChI=1S/C24H21N3O5S/c1-16-8-9-17(2)23(12-16)33(29,30)32-21-11-10-18(13-22(21)31-3)14-26-27-15-25-20-7-5-4-6-19(20)24(27)28/h4-15H,1-3H3/b26-14+. The molecule has 0 unspecified atom stereocenters. The quantitative estimate of drug-likeness (QED) is 0.320. The smallest absolute Gasteiger partial charge is 0.339 e. The van der Waals surface area contributed by atoms with E-state index in [4.69, 9.17) is 8.92 Å². The maximum atomic E-state index is 12.8. The molecule has 0 fully saturated rings. The van der Waals surface area contributed by atoms with E-state index in [1.807, 2.05) is 13.0 Å². The molecule has 9 heteroatoms. The van der Waals surface area contributed by atoms with Crippen molar-refractivity contribution >= 4 is 27.2 Å². The Labute approximate surface area is 190 Å². The maximum Gasteiger partial charge on any atom is 0.339 e. The first-order chi connectivity index (χ1) is 15.8. The van der Waals surface area contributed by atoms with Crippen LogP contribution in [-0.2, 0) is 10.1 Å². The summed E-state index contributed by atoms with van der Waals surface area (Å²) in [6.45, 7) is 3.51. The molecule has 1 aromatic heterocycles. The molecule has 0 spiro atoms. The summed E-state index contributed by atoms with van der Waals surface area (Å²) in [7, 11) is -2.65. The van der Waals surface area contributed by atoms with Gasteiger partial charge in [-0.15, -0.1) is 0 Å². The number of para-hydroxylation sites is 1. The molecular weight excluding hydrogens is 442 g/mol. The summed E-state index contributed by atoms with van der Waals surface area (Å²) in [5.41, 5.74) is 2.24. The van der Waals surface area contributed by atoms with Crippen molar-refractivity contribution in [3.63, 3.8) is 0 Å². The largest absolute Gasteiger partial charge is 0.493 e. The molecule has 8 nitrogen and oxygen atoms in total. The molecule has 0 amide bonds. The van der Waals surface area contributed by atoms with Crippen molar-refractivity contribution in [2.24, 2.45) is 5.10 Å². The van der Waals surface area contributed by atoms with Gasteiger partial charge in [0.15, 0.2) is 11.5 Å². The number of aryl methyl sites for hydroxylation is 2. The van der Waals surface area contributed by atoms with Gasteiger partial charge in [-0.1, -0.05) is 24.3 Å². The molecule has 168 valence electrons. The summed E-state index contributed by atoms with van der Waals surface area (Å²) in [4.78, 5) is 16.9. The summed E-state index contributed by atoms with van der Waals surface area (Å²) in [5, 5.41) is 4.63. The fraction of sp³-hybridized carbons (Fsp3) is 0.125. The van der Waals surface area contributed by atoms with Crippen LogP contribution in [0.1, 0.15) is 16.7 Å². The van der Waals surface area contributed by atoms with Gasteiger partial charge < -0.3 is 8.92 Å². The number of benzene rings is 3. The van der Waals surface area contributed by atoms with Gasteiger partial charge in [-0.25, -0.2) is 4.98 Å². The second-order valence-electron chi connectivity index (χ2n) is 7.37. The van der Waals surface area contributed by atoms with Crippen molar-refractivity contribution in [3.05, 3.63) is 94.0 Å². The van der Waals surface area contributed by atoms with E-state index < -0.39 is 10.1 Å². The van der Waals surface area contributed by atoms with Gasteiger partial charge >= 0.3 is 10.1 Å². The highest BCUT2D eigenvalue weighted by Gasteiger charge is 2.21. The van der Waals surface area contributed by atoms with Crippen molar-refractivity contribution in [1.29, 1.82) is 0 Å². The fourth-order valence-corrected chi connectivity index (χ4v) is 4.50. The molecule has 0 bridgehead atoms. The second kappa shape index (κ2) is 8.87. The van der Waals surface area contributed by atoms with E-state index in [2.05, 4.69) is 10.1 Å². The second-order valence-corrected chi connectivity index (χ2v) is 8.89. The highest BCUT2D eigenvalue weighted by molar-refractivity contribution is 7.87. The number of hydrogen-bond donors (Lipinski definition) is 0. The minimum atomic E-state index is -4.06. The van der Waals surface area contributed by atoms with Crippen molar-refractivity contribution < 1.29 is 17.3 Å². The fourth-order valence-electron chi connectivity index (χ4n) is 3.24. The molecule has 0 aliphatic heterocycles. The van der Waals surface area contributed by atoms with Crippen LogP contribution in [0.4, 0.5) is 0 Å². The van der Waals surface area contributed by atoms with Crippen LogP contribution in [0.2, 0.25) is 0 Å². The van der Waals surface area contributed by atoms with Crippen molar-refractivity contribution in [2.75, 3.05) is 7.11 Å². The Kier molecular flexibility index (Phi) is 5.97. The molecule has 0 N–H and O–H groups in total. The molecule has 4 rings (SSSR count). The lowest BCUT2D eigenvalue weighted by molar-refractivity contribution is 0.390. The van der Waals surface area contributed by atoms with Crippen molar-refractivity contribution in [2.45, 2.75) is 18.7 Å². The zero-order valence-corrected chi connectivity index (χ0v) is 19.0. The summed E-state index contributed by atoms with van der Waals surface area (Å²) in [5.74, 6) is 0.247. The summed E-state index contributed by atoms with van der Waals surface area (Å²) in [6.07, 6.45) is 2.79. The van der Waals surface area contributed by atoms with E-state index >= 15 is 0 Å². The monoisotopic (exact) mass is 463 g/mol. The summed E-state index contributed by atoms with van der Waals surface area (Å²) < 4.78 is 37.5. The zero-order chi connectivity index (χ0) is 23.6. The predicted octanol–water partition coefficient (Wildman–Crippen LogP) is 3.67. The summed E-state index contributed by atoms with van der Waals surface area (Å²) in [6, 6.07) is 16.8. The maximum absolute atomic E-state index is 12.8. The van der Waals surface area contributed by atoms with E-state index in [9.17, 15) is 13.2 Å². The van der Waals surface area contributed by atoms with Crippen LogP contribution < -0.4 is 14.5 Å². The van der Waals surface area contributed by atoms with Gasteiger partial charge in [-0.05, 0) is 66.9 Å². The normalized spacial score (nSPS) is 11.7. The van der Waals surface area contributed by atoms with Crippen LogP contribution in [-0.4, -0.2) is 31.4 Å². The molecule has 33 heavy (non-hydrogen) atoms. The molecule has 3 aromatic carbocycles. The third-order valence-electron chi connectivity index (χ3n) is 4.98. The molecule has 4 aromatic rings. The Bertz CT molecular complexity index is 1540. The minimum Gasteiger partial charge on any atom is -0.493 e. The first-order valence-electron chi connectivity index (χ1n) is 9.99. The Morgan fingerprint density at radius 1 is 1.00 bits per heavy atom. The third kappa shape index (κ3) is 4.63. The van der Waals surface area contributed by atoms with Gasteiger partial charge in [-0.2, -0.15) is 18.2 Å². The van der Waals surface area contributed by atoms with Crippen molar-refractivity contribution in [1.82, 2.24) is 9.66 Å². The van der Waals surface area contributed by atoms with E-state index in [1.165, 1.54) is 25.7 Å². The average molecular weight is 464 g/mol. The van der Waals surface area contributed by atoms with Crippen LogP contribution in [0.15, 0.2) is 81.8 Å². The minimum absolute atomic E-state index is 0.0418. The molecule has 0 aliphatic rings. The Hall–Kier alpha value is -3.98. The Morgan fingerprint density at radius 2 is 1.79 bits per heavy atom. The predicted molar refractivity (Wildman–Crippen MR) is 126 cm³/mol. The van der Waals surface area contributed by atoms with Crippen molar-refractivity contribution in [3.8, 4) is 11.5 Å².